The van der Waals surface area contributed by atoms with Gasteiger partial charge in [0.1, 0.15) is 0 Å². The Bertz CT molecular complexity index is 1210. The standard InChI is InChI=1S/C23H23F2N5O/c1-2-5-18(26)20-8-4-7-19(29-20)14-10-16(23(24)25)17-12-27-30(21(17)11-14)22-9-3-6-15(13-31)28-22/h3-4,6-12,18,23,31H,2,5,13,26H2,1H3. The molecule has 160 valence electrons. The van der Waals surface area contributed by atoms with Gasteiger partial charge in [0.05, 0.1) is 35.4 Å². The van der Waals surface area contributed by atoms with Gasteiger partial charge in [0.25, 0.3) is 6.43 Å². The van der Waals surface area contributed by atoms with Crippen LogP contribution >= 0.6 is 0 Å². The van der Waals surface area contributed by atoms with E-state index in [0.717, 1.165) is 18.5 Å². The lowest BCUT2D eigenvalue weighted by Crippen LogP contribution is -2.11. The van der Waals surface area contributed by atoms with Gasteiger partial charge in [0.15, 0.2) is 5.82 Å². The molecule has 0 aliphatic carbocycles. The largest absolute Gasteiger partial charge is 0.390 e. The summed E-state index contributed by atoms with van der Waals surface area (Å²) in [6.45, 7) is 1.82. The second-order valence-electron chi connectivity index (χ2n) is 7.34. The van der Waals surface area contributed by atoms with Gasteiger partial charge in [0.2, 0.25) is 0 Å². The van der Waals surface area contributed by atoms with Crippen molar-refractivity contribution in [2.75, 3.05) is 0 Å². The summed E-state index contributed by atoms with van der Waals surface area (Å²) in [4.78, 5) is 8.98. The van der Waals surface area contributed by atoms with Gasteiger partial charge in [-0.15, -0.1) is 0 Å². The summed E-state index contributed by atoms with van der Waals surface area (Å²) in [5.41, 5.74) is 8.88. The average molecular weight is 423 g/mol. The number of hydrogen-bond donors (Lipinski definition) is 2. The van der Waals surface area contributed by atoms with Crippen molar-refractivity contribution in [3.8, 4) is 17.1 Å². The summed E-state index contributed by atoms with van der Waals surface area (Å²) in [6.07, 6.45) is 0.447. The Morgan fingerprint density at radius 2 is 1.90 bits per heavy atom. The molecule has 0 radical (unpaired) electrons. The maximum absolute atomic E-state index is 13.9. The summed E-state index contributed by atoms with van der Waals surface area (Å²) < 4.78 is 29.3. The molecule has 4 aromatic rings. The lowest BCUT2D eigenvalue weighted by Gasteiger charge is -2.13. The number of aromatic nitrogens is 4. The molecular formula is C23H23F2N5O. The lowest BCUT2D eigenvalue weighted by molar-refractivity contribution is 0.153. The van der Waals surface area contributed by atoms with Crippen LogP contribution in [0.4, 0.5) is 8.78 Å². The molecule has 3 N–H and O–H groups in total. The molecule has 0 bridgehead atoms. The van der Waals surface area contributed by atoms with Gasteiger partial charge in [-0.3, -0.25) is 4.98 Å². The van der Waals surface area contributed by atoms with Crippen LogP contribution in [-0.4, -0.2) is 24.9 Å². The number of rotatable bonds is 7. The van der Waals surface area contributed by atoms with E-state index in [1.807, 2.05) is 19.1 Å². The van der Waals surface area contributed by atoms with E-state index in [2.05, 4.69) is 15.1 Å². The van der Waals surface area contributed by atoms with Gasteiger partial charge in [0, 0.05) is 22.6 Å². The van der Waals surface area contributed by atoms with Crippen LogP contribution in [0.15, 0.2) is 54.7 Å². The van der Waals surface area contributed by atoms with E-state index in [4.69, 9.17) is 5.73 Å². The van der Waals surface area contributed by atoms with Gasteiger partial charge in [-0.25, -0.2) is 18.4 Å². The molecule has 1 unspecified atom stereocenters. The van der Waals surface area contributed by atoms with Gasteiger partial charge >= 0.3 is 0 Å². The highest BCUT2D eigenvalue weighted by molar-refractivity contribution is 5.88. The number of nitrogens with two attached hydrogens (primary N) is 1. The Morgan fingerprint density at radius 1 is 1.10 bits per heavy atom. The van der Waals surface area contributed by atoms with E-state index in [0.29, 0.717) is 33.7 Å². The van der Waals surface area contributed by atoms with Crippen molar-refractivity contribution in [3.63, 3.8) is 0 Å². The van der Waals surface area contributed by atoms with E-state index in [9.17, 15) is 13.9 Å². The fourth-order valence-corrected chi connectivity index (χ4v) is 3.62. The van der Waals surface area contributed by atoms with Crippen LogP contribution < -0.4 is 5.73 Å². The molecule has 0 aliphatic heterocycles. The van der Waals surface area contributed by atoms with E-state index in [-0.39, 0.29) is 18.2 Å². The number of hydrogen-bond acceptors (Lipinski definition) is 5. The number of benzene rings is 1. The van der Waals surface area contributed by atoms with Crippen LogP contribution in [0.5, 0.6) is 0 Å². The lowest BCUT2D eigenvalue weighted by atomic mass is 10.0. The second kappa shape index (κ2) is 8.87. The van der Waals surface area contributed by atoms with Gasteiger partial charge in [-0.2, -0.15) is 5.10 Å². The van der Waals surface area contributed by atoms with Crippen molar-refractivity contribution >= 4 is 10.9 Å². The van der Waals surface area contributed by atoms with E-state index in [1.165, 1.54) is 16.9 Å². The predicted molar refractivity (Wildman–Crippen MR) is 115 cm³/mol. The third-order valence-electron chi connectivity index (χ3n) is 5.17. The van der Waals surface area contributed by atoms with Crippen molar-refractivity contribution in [1.29, 1.82) is 0 Å². The molecule has 0 fully saturated rings. The number of alkyl halides is 2. The molecule has 1 atom stereocenters. The highest BCUT2D eigenvalue weighted by Crippen LogP contribution is 2.34. The van der Waals surface area contributed by atoms with Crippen molar-refractivity contribution in [1.82, 2.24) is 19.7 Å². The van der Waals surface area contributed by atoms with Crippen LogP contribution in [0.3, 0.4) is 0 Å². The fourth-order valence-electron chi connectivity index (χ4n) is 3.62. The summed E-state index contributed by atoms with van der Waals surface area (Å²) in [7, 11) is 0. The van der Waals surface area contributed by atoms with Gasteiger partial charge < -0.3 is 10.8 Å². The smallest absolute Gasteiger partial charge is 0.264 e. The Balaban J connectivity index is 1.88. The number of aliphatic hydroxyl groups excluding tert-OH is 1. The topological polar surface area (TPSA) is 89.8 Å². The predicted octanol–water partition coefficient (Wildman–Crippen LogP) is 4.71. The summed E-state index contributed by atoms with van der Waals surface area (Å²) in [5.74, 6) is 0.436. The number of fused-ring (bicyclic) bond motifs is 1. The summed E-state index contributed by atoms with van der Waals surface area (Å²) in [5, 5.41) is 14.0. The molecule has 3 aromatic heterocycles. The average Bonchev–Trinajstić information content (AvgIpc) is 3.22. The number of pyridine rings is 2. The quantitative estimate of drug-likeness (QED) is 0.449. The molecule has 0 amide bonds. The molecule has 8 heteroatoms. The highest BCUT2D eigenvalue weighted by atomic mass is 19.3. The first-order chi connectivity index (χ1) is 15.0. The van der Waals surface area contributed by atoms with E-state index >= 15 is 0 Å². The Labute approximate surface area is 178 Å². The van der Waals surface area contributed by atoms with E-state index in [1.54, 1.807) is 30.3 Å². The van der Waals surface area contributed by atoms with Gasteiger partial charge in [-0.05, 0) is 42.8 Å². The minimum Gasteiger partial charge on any atom is -0.390 e. The minimum atomic E-state index is -2.68. The second-order valence-corrected chi connectivity index (χ2v) is 7.34. The molecule has 31 heavy (non-hydrogen) atoms. The minimum absolute atomic E-state index is 0.123. The summed E-state index contributed by atoms with van der Waals surface area (Å²) >= 11 is 0. The fraction of sp³-hybridized carbons (Fsp3) is 0.261. The van der Waals surface area contributed by atoms with Gasteiger partial charge in [-0.1, -0.05) is 25.5 Å². The monoisotopic (exact) mass is 423 g/mol. The number of halogens is 2. The first-order valence-electron chi connectivity index (χ1n) is 10.1. The zero-order valence-corrected chi connectivity index (χ0v) is 17.0. The zero-order valence-electron chi connectivity index (χ0n) is 17.0. The number of aliphatic hydroxyl groups is 1. The first-order valence-corrected chi connectivity index (χ1v) is 10.1. The third-order valence-corrected chi connectivity index (χ3v) is 5.17. The molecule has 0 saturated carbocycles. The maximum Gasteiger partial charge on any atom is 0.264 e. The van der Waals surface area contributed by atoms with Crippen LogP contribution in [0.25, 0.3) is 28.0 Å². The Hall–Kier alpha value is -3.23. The molecule has 0 spiro atoms. The zero-order chi connectivity index (χ0) is 22.0. The molecular weight excluding hydrogens is 400 g/mol. The van der Waals surface area contributed by atoms with Crippen LogP contribution in [0.1, 0.15) is 49.2 Å². The van der Waals surface area contributed by atoms with E-state index < -0.39 is 6.43 Å². The SMILES string of the molecule is CCCC(N)c1cccc(-c2cc(C(F)F)c3cnn(-c4cccc(CO)n4)c3c2)n1. The van der Waals surface area contributed by atoms with Crippen molar-refractivity contribution in [2.45, 2.75) is 38.8 Å². The van der Waals surface area contributed by atoms with Crippen LogP contribution in [-0.2, 0) is 6.61 Å². The Morgan fingerprint density at radius 3 is 2.65 bits per heavy atom. The van der Waals surface area contributed by atoms with Crippen LogP contribution in [0, 0.1) is 0 Å². The third kappa shape index (κ3) is 4.17. The molecule has 0 aliphatic rings. The normalized spacial score (nSPS) is 12.6. The molecule has 6 nitrogen and oxygen atoms in total. The Kier molecular flexibility index (Phi) is 6.01. The van der Waals surface area contributed by atoms with Crippen LogP contribution in [0.2, 0.25) is 0 Å². The molecule has 0 saturated heterocycles. The molecule has 1 aromatic carbocycles. The highest BCUT2D eigenvalue weighted by Gasteiger charge is 2.19. The molecule has 3 heterocycles. The van der Waals surface area contributed by atoms with Crippen molar-refractivity contribution < 1.29 is 13.9 Å². The van der Waals surface area contributed by atoms with Crippen molar-refractivity contribution in [3.05, 3.63) is 71.7 Å². The first kappa shape index (κ1) is 21.0. The molecule has 4 rings (SSSR count). The maximum atomic E-state index is 13.9. The summed E-state index contributed by atoms with van der Waals surface area (Å²) in [6, 6.07) is 13.6. The van der Waals surface area contributed by atoms with Crippen molar-refractivity contribution in [2.24, 2.45) is 5.73 Å². The number of nitrogens with zero attached hydrogens (tertiary/aromatic N) is 4.